The van der Waals surface area contributed by atoms with E-state index in [1.165, 1.54) is 11.8 Å². The Kier molecular flexibility index (Phi) is 4.78. The maximum atomic E-state index is 5.55. The largest absolute Gasteiger partial charge is 0.330 e. The number of nitrogens with zero attached hydrogens (tertiary/aromatic N) is 3. The summed E-state index contributed by atoms with van der Waals surface area (Å²) in [7, 11) is 0. The van der Waals surface area contributed by atoms with Crippen LogP contribution >= 0.6 is 11.8 Å². The van der Waals surface area contributed by atoms with E-state index < -0.39 is 0 Å². The standard InChI is InChI=1S/C17H16N4S/c18-11-12-22-17-19-15(13-7-3-1-4-8-13)16(20-21-17)14-9-5-2-6-10-14/h1-10H,11-12,18H2. The van der Waals surface area contributed by atoms with E-state index in [0.29, 0.717) is 11.7 Å². The molecule has 0 saturated carbocycles. The van der Waals surface area contributed by atoms with Crippen molar-refractivity contribution in [2.24, 2.45) is 5.73 Å². The quantitative estimate of drug-likeness (QED) is 0.733. The third-order valence-electron chi connectivity index (χ3n) is 3.11. The first kappa shape index (κ1) is 14.7. The average molecular weight is 308 g/mol. The molecule has 4 nitrogen and oxygen atoms in total. The summed E-state index contributed by atoms with van der Waals surface area (Å²) in [5, 5.41) is 9.29. The summed E-state index contributed by atoms with van der Waals surface area (Å²) >= 11 is 1.52. The number of hydrogen-bond donors (Lipinski definition) is 1. The summed E-state index contributed by atoms with van der Waals surface area (Å²) in [6.45, 7) is 0.592. The molecule has 0 aliphatic rings. The van der Waals surface area contributed by atoms with Gasteiger partial charge in [-0.25, -0.2) is 4.98 Å². The Hall–Kier alpha value is -2.24. The minimum absolute atomic E-state index is 0.592. The summed E-state index contributed by atoms with van der Waals surface area (Å²) in [5.74, 6) is 0.778. The van der Waals surface area contributed by atoms with Crippen LogP contribution in [0.1, 0.15) is 0 Å². The van der Waals surface area contributed by atoms with Crippen LogP contribution in [-0.2, 0) is 0 Å². The number of aromatic nitrogens is 3. The van der Waals surface area contributed by atoms with Crippen molar-refractivity contribution in [2.75, 3.05) is 12.3 Å². The highest BCUT2D eigenvalue weighted by atomic mass is 32.2. The van der Waals surface area contributed by atoms with Crippen LogP contribution in [0.5, 0.6) is 0 Å². The van der Waals surface area contributed by atoms with Crippen LogP contribution in [0.3, 0.4) is 0 Å². The van der Waals surface area contributed by atoms with Crippen molar-refractivity contribution in [3.8, 4) is 22.5 Å². The van der Waals surface area contributed by atoms with E-state index in [9.17, 15) is 0 Å². The van der Waals surface area contributed by atoms with Gasteiger partial charge in [0.2, 0.25) is 5.16 Å². The predicted octanol–water partition coefficient (Wildman–Crippen LogP) is 3.26. The molecule has 5 heteroatoms. The molecule has 2 N–H and O–H groups in total. The molecule has 0 atom stereocenters. The molecule has 1 aromatic heterocycles. The Labute approximate surface area is 133 Å². The lowest BCUT2D eigenvalue weighted by Gasteiger charge is -2.09. The van der Waals surface area contributed by atoms with Crippen molar-refractivity contribution in [3.63, 3.8) is 0 Å². The summed E-state index contributed by atoms with van der Waals surface area (Å²) in [5.41, 5.74) is 9.24. The Morgan fingerprint density at radius 3 is 1.95 bits per heavy atom. The van der Waals surface area contributed by atoms with Gasteiger partial charge in [-0.05, 0) is 0 Å². The van der Waals surface area contributed by atoms with E-state index in [4.69, 9.17) is 10.7 Å². The monoisotopic (exact) mass is 308 g/mol. The third kappa shape index (κ3) is 3.32. The van der Waals surface area contributed by atoms with E-state index in [1.54, 1.807) is 0 Å². The van der Waals surface area contributed by atoms with Gasteiger partial charge in [-0.1, -0.05) is 72.4 Å². The molecule has 0 amide bonds. The van der Waals surface area contributed by atoms with Crippen LogP contribution in [0.4, 0.5) is 0 Å². The van der Waals surface area contributed by atoms with Crippen LogP contribution in [-0.4, -0.2) is 27.5 Å². The van der Waals surface area contributed by atoms with Crippen molar-refractivity contribution in [1.82, 2.24) is 15.2 Å². The predicted molar refractivity (Wildman–Crippen MR) is 90.5 cm³/mol. The summed E-state index contributed by atoms with van der Waals surface area (Å²) in [6.07, 6.45) is 0. The summed E-state index contributed by atoms with van der Waals surface area (Å²) < 4.78 is 0. The van der Waals surface area contributed by atoms with Gasteiger partial charge in [-0.15, -0.1) is 10.2 Å². The van der Waals surface area contributed by atoms with E-state index in [1.807, 2.05) is 60.7 Å². The highest BCUT2D eigenvalue weighted by molar-refractivity contribution is 7.99. The van der Waals surface area contributed by atoms with Crippen LogP contribution in [0.15, 0.2) is 65.8 Å². The van der Waals surface area contributed by atoms with Crippen LogP contribution < -0.4 is 5.73 Å². The topological polar surface area (TPSA) is 64.7 Å². The van der Waals surface area contributed by atoms with Gasteiger partial charge in [0.1, 0.15) is 11.4 Å². The number of nitrogens with two attached hydrogens (primary N) is 1. The van der Waals surface area contributed by atoms with Crippen molar-refractivity contribution in [1.29, 1.82) is 0 Å². The molecule has 0 aliphatic heterocycles. The molecule has 0 bridgehead atoms. The molecule has 0 unspecified atom stereocenters. The zero-order chi connectivity index (χ0) is 15.2. The van der Waals surface area contributed by atoms with Crippen molar-refractivity contribution in [3.05, 3.63) is 60.7 Å². The Balaban J connectivity index is 2.09. The summed E-state index contributed by atoms with van der Waals surface area (Å²) in [6, 6.07) is 20.1. The molecule has 110 valence electrons. The van der Waals surface area contributed by atoms with Crippen molar-refractivity contribution in [2.45, 2.75) is 5.16 Å². The van der Waals surface area contributed by atoms with E-state index in [-0.39, 0.29) is 0 Å². The molecule has 0 radical (unpaired) electrons. The van der Waals surface area contributed by atoms with E-state index >= 15 is 0 Å². The molecule has 1 heterocycles. The average Bonchev–Trinajstić information content (AvgIpc) is 2.61. The second kappa shape index (κ2) is 7.15. The normalized spacial score (nSPS) is 10.6. The van der Waals surface area contributed by atoms with Gasteiger partial charge in [0.05, 0.1) is 0 Å². The lowest BCUT2D eigenvalue weighted by molar-refractivity contribution is 0.849. The first-order valence-corrected chi connectivity index (χ1v) is 8.05. The molecule has 3 rings (SSSR count). The minimum atomic E-state index is 0.592. The Bertz CT molecular complexity index is 732. The minimum Gasteiger partial charge on any atom is -0.330 e. The summed E-state index contributed by atoms with van der Waals surface area (Å²) in [4.78, 5) is 4.69. The maximum absolute atomic E-state index is 5.55. The van der Waals surface area contributed by atoms with Gasteiger partial charge in [0.25, 0.3) is 0 Å². The van der Waals surface area contributed by atoms with E-state index in [2.05, 4.69) is 10.2 Å². The van der Waals surface area contributed by atoms with Crippen LogP contribution in [0.2, 0.25) is 0 Å². The third-order valence-corrected chi connectivity index (χ3v) is 3.98. The Morgan fingerprint density at radius 1 is 0.773 bits per heavy atom. The van der Waals surface area contributed by atoms with E-state index in [0.717, 1.165) is 28.3 Å². The number of benzene rings is 2. The molecule has 0 spiro atoms. The lowest BCUT2D eigenvalue weighted by Crippen LogP contribution is -2.04. The first-order valence-electron chi connectivity index (χ1n) is 7.07. The smallest absolute Gasteiger partial charge is 0.209 e. The lowest BCUT2D eigenvalue weighted by atomic mass is 10.0. The molecule has 2 aromatic carbocycles. The Morgan fingerprint density at radius 2 is 1.36 bits per heavy atom. The van der Waals surface area contributed by atoms with Crippen LogP contribution in [0.25, 0.3) is 22.5 Å². The zero-order valence-electron chi connectivity index (χ0n) is 12.0. The number of rotatable bonds is 5. The van der Waals surface area contributed by atoms with Gasteiger partial charge in [0, 0.05) is 23.4 Å². The van der Waals surface area contributed by atoms with Gasteiger partial charge < -0.3 is 5.73 Å². The first-order chi connectivity index (χ1) is 10.9. The molecule has 22 heavy (non-hydrogen) atoms. The molecule has 0 fully saturated rings. The van der Waals surface area contributed by atoms with Gasteiger partial charge in [-0.3, -0.25) is 0 Å². The molecule has 3 aromatic rings. The van der Waals surface area contributed by atoms with Gasteiger partial charge in [-0.2, -0.15) is 0 Å². The second-order valence-corrected chi connectivity index (χ2v) is 5.72. The zero-order valence-corrected chi connectivity index (χ0v) is 12.8. The van der Waals surface area contributed by atoms with Crippen LogP contribution in [0, 0.1) is 0 Å². The van der Waals surface area contributed by atoms with Gasteiger partial charge in [0.15, 0.2) is 0 Å². The number of hydrogen-bond acceptors (Lipinski definition) is 5. The highest BCUT2D eigenvalue weighted by Gasteiger charge is 2.13. The molecular weight excluding hydrogens is 292 g/mol. The fourth-order valence-corrected chi connectivity index (χ4v) is 2.67. The fourth-order valence-electron chi connectivity index (χ4n) is 2.11. The highest BCUT2D eigenvalue weighted by Crippen LogP contribution is 2.29. The molecular formula is C17H16N4S. The van der Waals surface area contributed by atoms with Crippen molar-refractivity contribution >= 4 is 11.8 Å². The fraction of sp³-hybridized carbons (Fsp3) is 0.118. The number of thioether (sulfide) groups is 1. The SMILES string of the molecule is NCCSc1nnc(-c2ccccc2)c(-c2ccccc2)n1. The van der Waals surface area contributed by atoms with Gasteiger partial charge >= 0.3 is 0 Å². The molecule has 0 aliphatic carbocycles. The molecule has 0 saturated heterocycles. The second-order valence-electron chi connectivity index (χ2n) is 4.66. The maximum Gasteiger partial charge on any atom is 0.209 e. The van der Waals surface area contributed by atoms with Crippen molar-refractivity contribution < 1.29 is 0 Å².